The Morgan fingerprint density at radius 2 is 2.33 bits per heavy atom. The van der Waals surface area contributed by atoms with Gasteiger partial charge in [-0.1, -0.05) is 11.8 Å². The Bertz CT molecular complexity index is 184. The summed E-state index contributed by atoms with van der Waals surface area (Å²) in [6.07, 6.45) is 0.453. The molecule has 12 heavy (non-hydrogen) atoms. The number of aliphatic hydroxyl groups excluding tert-OH is 1. The second kappa shape index (κ2) is 6.10. The third-order valence-electron chi connectivity index (χ3n) is 0.864. The molecule has 0 fully saturated rings. The van der Waals surface area contributed by atoms with Gasteiger partial charge in [0.1, 0.15) is 11.0 Å². The Kier molecular flexibility index (Phi) is 5.87. The molecule has 7 heteroatoms. The van der Waals surface area contributed by atoms with Gasteiger partial charge in [-0.2, -0.15) is 5.10 Å². The number of nitrogens with two attached hydrogens (primary N) is 2. The summed E-state index contributed by atoms with van der Waals surface area (Å²) in [5.41, 5.74) is 5.37. The van der Waals surface area contributed by atoms with Crippen molar-refractivity contribution in [1.82, 2.24) is 0 Å². The van der Waals surface area contributed by atoms with Crippen molar-refractivity contribution in [2.45, 2.75) is 17.7 Å². The van der Waals surface area contributed by atoms with Crippen LogP contribution in [0.25, 0.3) is 0 Å². The smallest absolute Gasteiger partial charge is 0.161 e. The summed E-state index contributed by atoms with van der Waals surface area (Å²) in [4.78, 5) is 3.61. The maximum absolute atomic E-state index is 8.97. The number of thioether (sulfide) groups is 1. The number of amidine groups is 1. The number of alkyl halides is 1. The molecule has 0 aromatic carbocycles. The largest absolute Gasteiger partial charge is 0.391 e. The van der Waals surface area contributed by atoms with Crippen LogP contribution in [0.2, 0.25) is 0 Å². The molecular formula is C5H11ClN4OS. The van der Waals surface area contributed by atoms with Gasteiger partial charge in [-0.3, -0.25) is 0 Å². The molecule has 0 rings (SSSR count). The Hall–Kier alpha value is -0.460. The topological polar surface area (TPSA) is 97.0 Å². The first-order valence-electron chi connectivity index (χ1n) is 3.11. The third kappa shape index (κ3) is 5.22. The van der Waals surface area contributed by atoms with Crippen molar-refractivity contribution in [2.75, 3.05) is 0 Å². The van der Waals surface area contributed by atoms with Gasteiger partial charge in [-0.25, -0.2) is 4.99 Å². The van der Waals surface area contributed by atoms with E-state index in [9.17, 15) is 0 Å². The van der Waals surface area contributed by atoms with E-state index in [1.54, 1.807) is 6.92 Å². The molecule has 0 saturated heterocycles. The zero-order valence-corrected chi connectivity index (χ0v) is 8.09. The number of nitrogens with zero attached hydrogens (tertiary/aromatic N) is 2. The van der Waals surface area contributed by atoms with Crippen LogP contribution in [0.4, 0.5) is 0 Å². The first-order chi connectivity index (χ1) is 5.57. The van der Waals surface area contributed by atoms with E-state index in [0.717, 1.165) is 18.1 Å². The van der Waals surface area contributed by atoms with E-state index >= 15 is 0 Å². The molecule has 5 N–H and O–H groups in total. The van der Waals surface area contributed by atoms with Crippen molar-refractivity contribution in [1.29, 1.82) is 0 Å². The number of hydrazone groups is 1. The minimum atomic E-state index is -0.653. The third-order valence-corrected chi connectivity index (χ3v) is 2.46. The molecule has 0 bridgehead atoms. The Balaban J connectivity index is 3.91. The first kappa shape index (κ1) is 11.5. The summed E-state index contributed by atoms with van der Waals surface area (Å²) in [6.45, 7) is 1.56. The zero-order chi connectivity index (χ0) is 9.56. The van der Waals surface area contributed by atoms with E-state index in [-0.39, 0.29) is 5.17 Å². The van der Waals surface area contributed by atoms with E-state index in [4.69, 9.17) is 28.3 Å². The highest BCUT2D eigenvalue weighted by Crippen LogP contribution is 2.18. The molecule has 0 aromatic rings. The summed E-state index contributed by atoms with van der Waals surface area (Å²) in [5, 5.41) is 12.3. The van der Waals surface area contributed by atoms with E-state index in [0.29, 0.717) is 0 Å². The Morgan fingerprint density at radius 1 is 1.75 bits per heavy atom. The molecule has 70 valence electrons. The Labute approximate surface area is 79.9 Å². The average Bonchev–Trinajstić information content (AvgIpc) is 2.00. The van der Waals surface area contributed by atoms with Crippen molar-refractivity contribution in [3.05, 3.63) is 0 Å². The molecule has 2 unspecified atom stereocenters. The van der Waals surface area contributed by atoms with Gasteiger partial charge in [0.25, 0.3) is 0 Å². The maximum Gasteiger partial charge on any atom is 0.161 e. The number of aliphatic imine (C=N–C) groups is 1. The number of aliphatic hydroxyl groups is 1. The molecule has 0 aliphatic heterocycles. The van der Waals surface area contributed by atoms with Crippen LogP contribution in [0.3, 0.4) is 0 Å². The molecule has 0 amide bonds. The van der Waals surface area contributed by atoms with E-state index in [1.165, 1.54) is 0 Å². The quantitative estimate of drug-likeness (QED) is 0.199. The number of rotatable bonds is 3. The van der Waals surface area contributed by atoms with Crippen LogP contribution in [0.15, 0.2) is 10.1 Å². The fourth-order valence-corrected chi connectivity index (χ4v) is 1.14. The van der Waals surface area contributed by atoms with Crippen molar-refractivity contribution in [3.8, 4) is 0 Å². The van der Waals surface area contributed by atoms with Crippen molar-refractivity contribution in [3.63, 3.8) is 0 Å². The molecule has 0 aliphatic carbocycles. The lowest BCUT2D eigenvalue weighted by molar-refractivity contribution is 0.211. The SMILES string of the molecule is CC(O)C(Cl)SC(N)=N/C=N/N. The molecule has 0 aromatic heterocycles. The monoisotopic (exact) mass is 210 g/mol. The molecule has 0 radical (unpaired) electrons. The second-order valence-corrected chi connectivity index (χ2v) is 3.83. The number of hydrogen-bond acceptors (Lipinski definition) is 4. The van der Waals surface area contributed by atoms with Crippen molar-refractivity contribution < 1.29 is 5.11 Å². The van der Waals surface area contributed by atoms with Crippen LogP contribution in [-0.2, 0) is 0 Å². The predicted octanol–water partition coefficient (Wildman–Crippen LogP) is -0.118. The highest BCUT2D eigenvalue weighted by molar-refractivity contribution is 8.15. The van der Waals surface area contributed by atoms with E-state index in [1.807, 2.05) is 0 Å². The predicted molar refractivity (Wildman–Crippen MR) is 53.2 cm³/mol. The molecular weight excluding hydrogens is 200 g/mol. The summed E-state index contributed by atoms with van der Waals surface area (Å²) >= 11 is 6.71. The van der Waals surface area contributed by atoms with Gasteiger partial charge in [-0.05, 0) is 6.92 Å². The molecule has 0 heterocycles. The molecule has 5 nitrogen and oxygen atoms in total. The lowest BCUT2D eigenvalue weighted by atomic mass is 10.5. The van der Waals surface area contributed by atoms with Crippen LogP contribution in [-0.4, -0.2) is 27.4 Å². The lowest BCUT2D eigenvalue weighted by Gasteiger charge is -2.09. The van der Waals surface area contributed by atoms with Gasteiger partial charge < -0.3 is 16.7 Å². The summed E-state index contributed by atoms with van der Waals surface area (Å²) in [6, 6.07) is 0. The van der Waals surface area contributed by atoms with Crippen LogP contribution in [0.5, 0.6) is 0 Å². The van der Waals surface area contributed by atoms with Crippen LogP contribution >= 0.6 is 23.4 Å². The van der Waals surface area contributed by atoms with Gasteiger partial charge in [-0.15, -0.1) is 11.6 Å². The molecule has 2 atom stereocenters. The normalized spacial score (nSPS) is 18.1. The molecule has 0 spiro atoms. The van der Waals surface area contributed by atoms with Gasteiger partial charge in [0.15, 0.2) is 5.17 Å². The van der Waals surface area contributed by atoms with Crippen LogP contribution < -0.4 is 11.6 Å². The first-order valence-corrected chi connectivity index (χ1v) is 4.43. The fraction of sp³-hybridized carbons (Fsp3) is 0.600. The number of hydrogen-bond donors (Lipinski definition) is 3. The number of halogens is 1. The molecule has 0 aliphatic rings. The lowest BCUT2D eigenvalue weighted by Crippen LogP contribution is -2.18. The highest BCUT2D eigenvalue weighted by atomic mass is 35.5. The van der Waals surface area contributed by atoms with Crippen LogP contribution in [0, 0.1) is 0 Å². The summed E-state index contributed by atoms with van der Waals surface area (Å²) in [7, 11) is 0. The van der Waals surface area contributed by atoms with Crippen molar-refractivity contribution >= 4 is 34.9 Å². The summed E-state index contributed by atoms with van der Waals surface area (Å²) < 4.78 is -0.514. The fourth-order valence-electron chi connectivity index (χ4n) is 0.334. The minimum Gasteiger partial charge on any atom is -0.391 e. The van der Waals surface area contributed by atoms with Crippen LogP contribution in [0.1, 0.15) is 6.92 Å². The van der Waals surface area contributed by atoms with Gasteiger partial charge in [0, 0.05) is 0 Å². The highest BCUT2D eigenvalue weighted by Gasteiger charge is 2.13. The van der Waals surface area contributed by atoms with E-state index in [2.05, 4.69) is 10.1 Å². The zero-order valence-electron chi connectivity index (χ0n) is 6.51. The Morgan fingerprint density at radius 3 is 2.75 bits per heavy atom. The second-order valence-electron chi connectivity index (χ2n) is 1.94. The standard InChI is InChI=1S/C5H11ClN4OS/c1-3(11)4(6)12-5(7)9-2-10-8/h2-4,11H,8H2,1H3,(H2,7,9,10). The molecule has 0 saturated carbocycles. The minimum absolute atomic E-state index is 0.213. The van der Waals surface area contributed by atoms with E-state index < -0.39 is 10.8 Å². The average molecular weight is 211 g/mol. The van der Waals surface area contributed by atoms with Gasteiger partial charge in [0.05, 0.1) is 6.10 Å². The maximum atomic E-state index is 8.97. The van der Waals surface area contributed by atoms with Gasteiger partial charge in [0.2, 0.25) is 0 Å². The van der Waals surface area contributed by atoms with Gasteiger partial charge >= 0.3 is 0 Å². The van der Waals surface area contributed by atoms with Crippen molar-refractivity contribution in [2.24, 2.45) is 21.7 Å². The summed E-state index contributed by atoms with van der Waals surface area (Å²) in [5.74, 6) is 4.78.